The van der Waals surface area contributed by atoms with Crippen LogP contribution in [0.5, 0.6) is 5.75 Å². The first kappa shape index (κ1) is 25.9. The van der Waals surface area contributed by atoms with Gasteiger partial charge in [0.05, 0.1) is 4.70 Å². The van der Waals surface area contributed by atoms with Crippen LogP contribution in [0.2, 0.25) is 0 Å². The van der Waals surface area contributed by atoms with Crippen molar-refractivity contribution in [2.45, 2.75) is 40.5 Å². The summed E-state index contributed by atoms with van der Waals surface area (Å²) in [7, 11) is 0. The molecule has 0 saturated carbocycles. The number of carboxylic acid groups (broad SMARTS) is 1. The number of halogens is 1. The van der Waals surface area contributed by atoms with Crippen molar-refractivity contribution in [1.82, 2.24) is 0 Å². The van der Waals surface area contributed by atoms with Gasteiger partial charge in [-0.05, 0) is 106 Å². The summed E-state index contributed by atoms with van der Waals surface area (Å²) in [6.07, 6.45) is 0.834. The molecule has 0 radical (unpaired) electrons. The first-order valence-corrected chi connectivity index (χ1v) is 13.5. The highest BCUT2D eigenvalue weighted by molar-refractivity contribution is 9.11. The number of aromatic hydroxyl groups is 1. The third kappa shape index (κ3) is 5.18. The largest absolute Gasteiger partial charge is 0.507 e. The van der Waals surface area contributed by atoms with E-state index in [4.69, 9.17) is 5.11 Å². The quantitative estimate of drug-likeness (QED) is 0.230. The number of phenols is 1. The molecule has 5 aromatic rings. The molecular formula is C31H29BrO3S. The van der Waals surface area contributed by atoms with Gasteiger partial charge < -0.3 is 10.2 Å². The summed E-state index contributed by atoms with van der Waals surface area (Å²) >= 11 is 5.69. The monoisotopic (exact) mass is 560 g/mol. The fourth-order valence-electron chi connectivity index (χ4n) is 4.53. The average molecular weight is 562 g/mol. The second-order valence-corrected chi connectivity index (χ2v) is 11.1. The van der Waals surface area contributed by atoms with E-state index >= 15 is 0 Å². The number of thiophene rings is 1. The van der Waals surface area contributed by atoms with Gasteiger partial charge in [0, 0.05) is 21.2 Å². The Kier molecular flexibility index (Phi) is 7.82. The molecule has 36 heavy (non-hydrogen) atoms. The third-order valence-electron chi connectivity index (χ3n) is 6.52. The van der Waals surface area contributed by atoms with Crippen molar-refractivity contribution in [3.8, 4) is 16.9 Å². The van der Waals surface area contributed by atoms with E-state index in [1.165, 1.54) is 46.9 Å². The molecule has 3 nitrogen and oxygen atoms in total. The van der Waals surface area contributed by atoms with Crippen LogP contribution < -0.4 is 0 Å². The zero-order valence-electron chi connectivity index (χ0n) is 20.9. The summed E-state index contributed by atoms with van der Waals surface area (Å²) in [5.41, 5.74) is 6.68. The van der Waals surface area contributed by atoms with Crippen molar-refractivity contribution in [3.63, 3.8) is 0 Å². The van der Waals surface area contributed by atoms with Gasteiger partial charge in [-0.15, -0.1) is 11.3 Å². The van der Waals surface area contributed by atoms with Crippen LogP contribution in [0.4, 0.5) is 0 Å². The van der Waals surface area contributed by atoms with E-state index in [2.05, 4.69) is 66.2 Å². The Labute approximate surface area is 224 Å². The Hall–Kier alpha value is -3.15. The number of fused-ring (bicyclic) bond motifs is 2. The Morgan fingerprint density at radius 2 is 1.47 bits per heavy atom. The molecule has 0 bridgehead atoms. The van der Waals surface area contributed by atoms with Gasteiger partial charge in [-0.25, -0.2) is 0 Å². The number of benzene rings is 4. The van der Waals surface area contributed by atoms with Gasteiger partial charge in [0.1, 0.15) is 5.75 Å². The maximum absolute atomic E-state index is 10.2. The van der Waals surface area contributed by atoms with E-state index in [1.54, 1.807) is 0 Å². The molecule has 0 aliphatic carbocycles. The molecule has 1 heterocycles. The molecule has 0 atom stereocenters. The Bertz CT molecular complexity index is 1550. The summed E-state index contributed by atoms with van der Waals surface area (Å²) < 4.78 is 2.47. The topological polar surface area (TPSA) is 57.5 Å². The molecule has 184 valence electrons. The molecule has 0 spiro atoms. The Balaban J connectivity index is 0.000000233. The predicted molar refractivity (Wildman–Crippen MR) is 155 cm³/mol. The fourth-order valence-corrected chi connectivity index (χ4v) is 6.43. The van der Waals surface area contributed by atoms with Crippen molar-refractivity contribution >= 4 is 54.1 Å². The number of aliphatic carboxylic acids is 1. The van der Waals surface area contributed by atoms with Gasteiger partial charge >= 0.3 is 5.97 Å². The van der Waals surface area contributed by atoms with Crippen LogP contribution in [0.15, 0.2) is 71.2 Å². The fraction of sp³-hybridized carbons (Fsp3) is 0.194. The lowest BCUT2D eigenvalue weighted by molar-refractivity contribution is -0.136. The van der Waals surface area contributed by atoms with Gasteiger partial charge in [-0.1, -0.05) is 54.6 Å². The number of phenolic OH excluding ortho intramolecular Hbond substituents is 1. The van der Waals surface area contributed by atoms with Crippen LogP contribution in [0.1, 0.15) is 33.6 Å². The van der Waals surface area contributed by atoms with Crippen molar-refractivity contribution in [2.75, 3.05) is 0 Å². The van der Waals surface area contributed by atoms with Gasteiger partial charge in [-0.2, -0.15) is 0 Å². The van der Waals surface area contributed by atoms with Crippen LogP contribution in [-0.4, -0.2) is 16.2 Å². The highest BCUT2D eigenvalue weighted by atomic mass is 79.9. The summed E-state index contributed by atoms with van der Waals surface area (Å²) in [6, 6.07) is 22.4. The van der Waals surface area contributed by atoms with Gasteiger partial charge in [-0.3, -0.25) is 4.79 Å². The molecule has 5 heteroatoms. The molecule has 0 unspecified atom stereocenters. The molecule has 0 aliphatic rings. The Morgan fingerprint density at radius 3 is 2.08 bits per heavy atom. The maximum atomic E-state index is 10.2. The second kappa shape index (κ2) is 10.9. The van der Waals surface area contributed by atoms with Gasteiger partial charge in [0.25, 0.3) is 0 Å². The minimum atomic E-state index is -0.742. The summed E-state index contributed by atoms with van der Waals surface area (Å²) in [4.78, 5) is 11.5. The normalized spacial score (nSPS) is 10.9. The van der Waals surface area contributed by atoms with Crippen LogP contribution in [-0.2, 0) is 11.2 Å². The van der Waals surface area contributed by atoms with Crippen molar-refractivity contribution < 1.29 is 15.0 Å². The molecule has 4 aromatic carbocycles. The molecule has 0 aliphatic heterocycles. The number of aryl methyl sites for hydroxylation is 5. The number of rotatable bonds is 4. The summed E-state index contributed by atoms with van der Waals surface area (Å²) in [5.74, 6) is -0.353. The van der Waals surface area contributed by atoms with E-state index in [9.17, 15) is 9.90 Å². The standard InChI is InChI=1S/C22H19BrOS.C9H10O2/c1-11-9-15(10-12(2)21(11)24)19-16-7-5-6-8-17(16)20(23)22-18(19)13(3)14(4)25-22;10-9(11)7-6-8-4-2-1-3-5-8/h5-10,24H,1-4H3;1-5H,6-7H2,(H,10,11). The second-order valence-electron chi connectivity index (χ2n) is 9.06. The smallest absolute Gasteiger partial charge is 0.303 e. The summed E-state index contributed by atoms with van der Waals surface area (Å²) in [6.45, 7) is 8.33. The highest BCUT2D eigenvalue weighted by Crippen LogP contribution is 2.47. The van der Waals surface area contributed by atoms with Gasteiger partial charge in [0.2, 0.25) is 0 Å². The van der Waals surface area contributed by atoms with E-state index in [1.807, 2.05) is 55.5 Å². The van der Waals surface area contributed by atoms with Crippen molar-refractivity contribution in [3.05, 3.63) is 98.3 Å². The Morgan fingerprint density at radius 1 is 0.889 bits per heavy atom. The van der Waals surface area contributed by atoms with Gasteiger partial charge in [0.15, 0.2) is 0 Å². The number of carbonyl (C=O) groups is 1. The first-order valence-electron chi connectivity index (χ1n) is 11.8. The van der Waals surface area contributed by atoms with Crippen molar-refractivity contribution in [2.24, 2.45) is 0 Å². The third-order valence-corrected chi connectivity index (χ3v) is 8.83. The lowest BCUT2D eigenvalue weighted by atomic mass is 9.91. The van der Waals surface area contributed by atoms with Crippen LogP contribution in [0.25, 0.3) is 32.0 Å². The van der Waals surface area contributed by atoms with Crippen LogP contribution >= 0.6 is 27.3 Å². The maximum Gasteiger partial charge on any atom is 0.303 e. The van der Waals surface area contributed by atoms with E-state index in [-0.39, 0.29) is 6.42 Å². The zero-order chi connectivity index (χ0) is 26.0. The minimum absolute atomic E-state index is 0.212. The SMILES string of the molecule is Cc1cc(-c2c3ccccc3c(Br)c3sc(C)c(C)c23)cc(C)c1O.O=C(O)CCc1ccccc1. The zero-order valence-corrected chi connectivity index (χ0v) is 23.3. The molecule has 5 rings (SSSR count). The predicted octanol–water partition coefficient (Wildman–Crippen LogP) is 9.13. The highest BCUT2D eigenvalue weighted by Gasteiger charge is 2.19. The lowest BCUT2D eigenvalue weighted by Crippen LogP contribution is -1.96. The molecular weight excluding hydrogens is 532 g/mol. The molecule has 2 N–H and O–H groups in total. The molecule has 0 saturated heterocycles. The molecule has 0 amide bonds. The van der Waals surface area contributed by atoms with Crippen LogP contribution in [0.3, 0.4) is 0 Å². The molecule has 0 fully saturated rings. The number of hydrogen-bond acceptors (Lipinski definition) is 3. The van der Waals surface area contributed by atoms with E-state index in [0.717, 1.165) is 16.7 Å². The van der Waals surface area contributed by atoms with E-state index < -0.39 is 5.97 Å². The lowest BCUT2D eigenvalue weighted by Gasteiger charge is -2.15. The number of hydrogen-bond donors (Lipinski definition) is 2. The molecule has 1 aromatic heterocycles. The van der Waals surface area contributed by atoms with Crippen molar-refractivity contribution in [1.29, 1.82) is 0 Å². The van der Waals surface area contributed by atoms with E-state index in [0.29, 0.717) is 12.2 Å². The first-order chi connectivity index (χ1) is 17.2. The number of carboxylic acids is 1. The summed E-state index contributed by atoms with van der Waals surface area (Å²) in [5, 5.41) is 22.4. The minimum Gasteiger partial charge on any atom is -0.507 e. The average Bonchev–Trinajstić information content (AvgIpc) is 3.17. The van der Waals surface area contributed by atoms with Crippen LogP contribution in [0, 0.1) is 27.7 Å².